The predicted molar refractivity (Wildman–Crippen MR) is 168 cm³/mol. The van der Waals surface area contributed by atoms with Gasteiger partial charge in [-0.2, -0.15) is 0 Å². The highest BCUT2D eigenvalue weighted by molar-refractivity contribution is 8.00. The molecule has 0 saturated heterocycles. The van der Waals surface area contributed by atoms with Crippen LogP contribution in [0.4, 0.5) is 10.8 Å². The molecule has 1 atom stereocenters. The van der Waals surface area contributed by atoms with Crippen molar-refractivity contribution in [3.63, 3.8) is 0 Å². The van der Waals surface area contributed by atoms with Crippen LogP contribution in [-0.4, -0.2) is 45.5 Å². The maximum atomic E-state index is 13.2. The SMILES string of the molecule is CCOC(=O)Cc1csc(NC(=O)C(C)Sc2ccc(NC(=O)/C(=C/c3cccnc3)NC(=O)c3ccccc3)cc2)n1. The summed E-state index contributed by atoms with van der Waals surface area (Å²) in [5.74, 6) is -1.53. The zero-order valence-corrected chi connectivity index (χ0v) is 25.0. The van der Waals surface area contributed by atoms with E-state index in [9.17, 15) is 19.2 Å². The summed E-state index contributed by atoms with van der Waals surface area (Å²) in [7, 11) is 0. The largest absolute Gasteiger partial charge is 0.466 e. The Morgan fingerprint density at radius 1 is 1.00 bits per heavy atom. The van der Waals surface area contributed by atoms with E-state index in [1.165, 1.54) is 23.1 Å². The Morgan fingerprint density at radius 2 is 1.77 bits per heavy atom. The minimum atomic E-state index is -0.507. The molecule has 0 radical (unpaired) electrons. The van der Waals surface area contributed by atoms with E-state index >= 15 is 0 Å². The van der Waals surface area contributed by atoms with E-state index in [1.807, 2.05) is 0 Å². The van der Waals surface area contributed by atoms with Crippen molar-refractivity contribution in [2.45, 2.75) is 30.4 Å². The van der Waals surface area contributed by atoms with Crippen LogP contribution in [0.2, 0.25) is 0 Å². The minimum absolute atomic E-state index is 0.0492. The van der Waals surface area contributed by atoms with Crippen molar-refractivity contribution in [3.8, 4) is 0 Å². The molecule has 4 rings (SSSR count). The number of ether oxygens (including phenoxy) is 1. The van der Waals surface area contributed by atoms with Crippen LogP contribution in [0.3, 0.4) is 0 Å². The number of esters is 1. The number of pyridine rings is 1. The van der Waals surface area contributed by atoms with E-state index in [0.29, 0.717) is 34.2 Å². The van der Waals surface area contributed by atoms with Gasteiger partial charge in [-0.25, -0.2) is 4.98 Å². The fourth-order valence-electron chi connectivity index (χ4n) is 3.66. The standard InChI is InChI=1S/C31H29N5O5S2/c1-3-41-27(37)17-24-19-42-31(34-24)36-28(38)20(2)43-25-13-11-23(12-14-25)33-30(40)26(16-21-8-7-15-32-18-21)35-29(39)22-9-5-4-6-10-22/h4-16,18-20H,3,17H2,1-2H3,(H,33,40)(H,35,39)(H,34,36,38)/b26-16-. The van der Waals surface area contributed by atoms with Gasteiger partial charge in [-0.05, 0) is 68.0 Å². The number of carbonyl (C=O) groups is 4. The lowest BCUT2D eigenvalue weighted by Crippen LogP contribution is -2.30. The van der Waals surface area contributed by atoms with Crippen LogP contribution in [0.25, 0.3) is 6.08 Å². The minimum Gasteiger partial charge on any atom is -0.466 e. The molecule has 0 fully saturated rings. The number of nitrogens with zero attached hydrogens (tertiary/aromatic N) is 2. The Hall–Kier alpha value is -4.81. The molecule has 0 spiro atoms. The van der Waals surface area contributed by atoms with Gasteiger partial charge in [0.2, 0.25) is 5.91 Å². The Morgan fingerprint density at radius 3 is 2.47 bits per heavy atom. The predicted octanol–water partition coefficient (Wildman–Crippen LogP) is 5.17. The first-order valence-electron chi connectivity index (χ1n) is 13.3. The third kappa shape index (κ3) is 9.62. The molecule has 2 heterocycles. The van der Waals surface area contributed by atoms with E-state index in [1.54, 1.807) is 104 Å². The Balaban J connectivity index is 1.36. The summed E-state index contributed by atoms with van der Waals surface area (Å²) in [6, 6.07) is 19.1. The number of benzene rings is 2. The second-order valence-corrected chi connectivity index (χ2v) is 11.3. The lowest BCUT2D eigenvalue weighted by molar-refractivity contribution is -0.142. The fraction of sp³-hybridized carbons (Fsp3) is 0.161. The quantitative estimate of drug-likeness (QED) is 0.113. The van der Waals surface area contributed by atoms with Crippen molar-refractivity contribution < 1.29 is 23.9 Å². The molecule has 4 aromatic rings. The molecule has 43 heavy (non-hydrogen) atoms. The third-order valence-electron chi connectivity index (χ3n) is 5.73. The van der Waals surface area contributed by atoms with Crippen LogP contribution < -0.4 is 16.0 Å². The number of thioether (sulfide) groups is 1. The van der Waals surface area contributed by atoms with Crippen LogP contribution >= 0.6 is 23.1 Å². The number of thiazole rings is 1. The van der Waals surface area contributed by atoms with Gasteiger partial charge in [0.25, 0.3) is 11.8 Å². The maximum absolute atomic E-state index is 13.2. The average Bonchev–Trinajstić information content (AvgIpc) is 3.44. The number of aromatic nitrogens is 2. The van der Waals surface area contributed by atoms with Crippen LogP contribution in [0, 0.1) is 0 Å². The van der Waals surface area contributed by atoms with Gasteiger partial charge in [0.15, 0.2) is 5.13 Å². The number of amides is 3. The van der Waals surface area contributed by atoms with E-state index in [-0.39, 0.29) is 24.0 Å². The molecule has 2 aromatic heterocycles. The Bertz CT molecular complexity index is 1590. The summed E-state index contributed by atoms with van der Waals surface area (Å²) in [6.07, 6.45) is 4.80. The molecule has 10 nitrogen and oxygen atoms in total. The second kappa shape index (κ2) is 15.4. The first kappa shape index (κ1) is 31.1. The molecular formula is C31H29N5O5S2. The molecule has 0 aliphatic heterocycles. The smallest absolute Gasteiger partial charge is 0.311 e. The van der Waals surface area contributed by atoms with E-state index in [0.717, 1.165) is 4.90 Å². The fourth-order valence-corrected chi connectivity index (χ4v) is 5.24. The molecule has 12 heteroatoms. The summed E-state index contributed by atoms with van der Waals surface area (Å²) in [6.45, 7) is 3.81. The zero-order chi connectivity index (χ0) is 30.6. The Labute approximate surface area is 257 Å². The van der Waals surface area contributed by atoms with Gasteiger partial charge >= 0.3 is 5.97 Å². The number of hydrogen-bond acceptors (Lipinski definition) is 9. The highest BCUT2D eigenvalue weighted by atomic mass is 32.2. The van der Waals surface area contributed by atoms with Crippen LogP contribution in [-0.2, 0) is 25.5 Å². The van der Waals surface area contributed by atoms with Gasteiger partial charge < -0.3 is 20.7 Å². The molecule has 0 saturated carbocycles. The summed E-state index contributed by atoms with van der Waals surface area (Å²) in [4.78, 5) is 59.5. The lowest BCUT2D eigenvalue weighted by Gasteiger charge is -2.13. The molecule has 1 unspecified atom stereocenters. The number of carbonyl (C=O) groups excluding carboxylic acids is 4. The molecule has 0 aliphatic rings. The van der Waals surface area contributed by atoms with Crippen molar-refractivity contribution in [2.24, 2.45) is 0 Å². The summed E-state index contributed by atoms with van der Waals surface area (Å²) < 4.78 is 4.93. The molecule has 3 N–H and O–H groups in total. The number of hydrogen-bond donors (Lipinski definition) is 3. The van der Waals surface area contributed by atoms with Crippen molar-refractivity contribution in [1.29, 1.82) is 0 Å². The second-order valence-electron chi connectivity index (χ2n) is 9.02. The van der Waals surface area contributed by atoms with Crippen LogP contribution in [0.15, 0.2) is 95.1 Å². The van der Waals surface area contributed by atoms with Crippen LogP contribution in [0.5, 0.6) is 0 Å². The zero-order valence-electron chi connectivity index (χ0n) is 23.4. The summed E-state index contributed by atoms with van der Waals surface area (Å²) in [5, 5.41) is 9.95. The van der Waals surface area contributed by atoms with Crippen molar-refractivity contribution in [3.05, 3.63) is 107 Å². The van der Waals surface area contributed by atoms with Crippen LogP contribution in [0.1, 0.15) is 35.5 Å². The van der Waals surface area contributed by atoms with E-state index in [2.05, 4.69) is 25.9 Å². The van der Waals surface area contributed by atoms with Gasteiger partial charge in [-0.3, -0.25) is 24.2 Å². The molecule has 0 aliphatic carbocycles. The topological polar surface area (TPSA) is 139 Å². The monoisotopic (exact) mass is 615 g/mol. The van der Waals surface area contributed by atoms with Gasteiger partial charge in [0, 0.05) is 33.9 Å². The first-order chi connectivity index (χ1) is 20.8. The van der Waals surface area contributed by atoms with Crippen molar-refractivity contribution >= 4 is 63.7 Å². The highest BCUT2D eigenvalue weighted by Crippen LogP contribution is 2.26. The maximum Gasteiger partial charge on any atom is 0.311 e. The summed E-state index contributed by atoms with van der Waals surface area (Å²) >= 11 is 2.58. The van der Waals surface area contributed by atoms with E-state index in [4.69, 9.17) is 4.74 Å². The number of rotatable bonds is 12. The van der Waals surface area contributed by atoms with E-state index < -0.39 is 17.1 Å². The lowest BCUT2D eigenvalue weighted by atomic mass is 10.2. The Kier molecular flexibility index (Phi) is 11.2. The van der Waals surface area contributed by atoms with Gasteiger partial charge in [-0.1, -0.05) is 24.3 Å². The summed E-state index contributed by atoms with van der Waals surface area (Å²) in [5.41, 5.74) is 2.16. The van der Waals surface area contributed by atoms with Crippen molar-refractivity contribution in [1.82, 2.24) is 15.3 Å². The number of nitrogens with one attached hydrogen (secondary N) is 3. The molecule has 220 valence electrons. The van der Waals surface area contributed by atoms with Gasteiger partial charge in [0.05, 0.1) is 24.0 Å². The third-order valence-corrected chi connectivity index (χ3v) is 7.65. The first-order valence-corrected chi connectivity index (χ1v) is 15.0. The van der Waals surface area contributed by atoms with Gasteiger partial charge in [0.1, 0.15) is 5.70 Å². The molecular weight excluding hydrogens is 587 g/mol. The molecule has 3 amide bonds. The van der Waals surface area contributed by atoms with Gasteiger partial charge in [-0.15, -0.1) is 23.1 Å². The number of anilines is 2. The average molecular weight is 616 g/mol. The van der Waals surface area contributed by atoms with Crippen molar-refractivity contribution in [2.75, 3.05) is 17.2 Å². The normalized spacial score (nSPS) is 11.7. The molecule has 2 aromatic carbocycles. The highest BCUT2D eigenvalue weighted by Gasteiger charge is 2.18. The molecule has 0 bridgehead atoms.